The summed E-state index contributed by atoms with van der Waals surface area (Å²) in [7, 11) is -4.01. The largest absolute Gasteiger partial charge is 0.416 e. The number of aliphatic hydroxyl groups is 1. The normalized spacial score (nSPS) is 12.4. The van der Waals surface area contributed by atoms with Crippen molar-refractivity contribution in [2.24, 2.45) is 0 Å². The van der Waals surface area contributed by atoms with E-state index in [1.807, 2.05) is 0 Å². The monoisotopic (exact) mass is 576 g/mol. The summed E-state index contributed by atoms with van der Waals surface area (Å²) in [6.07, 6.45) is -6.69. The molecular weight excluding hydrogens is 559 g/mol. The number of benzene rings is 1. The average molecular weight is 577 g/mol. The molecule has 17 heteroatoms. The second kappa shape index (κ2) is 10.3. The third-order valence-electron chi connectivity index (χ3n) is 5.10. The summed E-state index contributed by atoms with van der Waals surface area (Å²) in [5.74, 6) is -0.890. The number of anilines is 1. The third-order valence-corrected chi connectivity index (χ3v) is 8.24. The van der Waals surface area contributed by atoms with E-state index in [4.69, 9.17) is 5.11 Å². The standard InChI is InChI=1S/C21H17F5N6O4S2/c1-10-19(38(35,36)28-6-7-33)37-20(29-10)31-18(34)13-9-27-32-15(16(22)23)8-14(30-17(13)32)11-2-4-12(5-3-11)21(24,25)26/h2-5,8-9,16,28,33H,6-7H2,1H3,(H,29,31,34). The molecule has 0 unspecified atom stereocenters. The summed E-state index contributed by atoms with van der Waals surface area (Å²) < 4.78 is 93.7. The Balaban J connectivity index is 1.70. The summed E-state index contributed by atoms with van der Waals surface area (Å²) in [5, 5.41) is 14.9. The van der Waals surface area contributed by atoms with Crippen LogP contribution in [0.2, 0.25) is 0 Å². The van der Waals surface area contributed by atoms with Crippen molar-refractivity contribution in [2.75, 3.05) is 18.5 Å². The van der Waals surface area contributed by atoms with Crippen LogP contribution in [0, 0.1) is 6.92 Å². The Labute approximate surface area is 215 Å². The molecular formula is C21H17F5N6O4S2. The molecule has 0 aliphatic rings. The van der Waals surface area contributed by atoms with Gasteiger partial charge in [-0.25, -0.2) is 36.4 Å². The second-order valence-electron chi connectivity index (χ2n) is 7.70. The Bertz CT molecular complexity index is 1600. The zero-order valence-corrected chi connectivity index (χ0v) is 20.8. The highest BCUT2D eigenvalue weighted by atomic mass is 32.2. The molecule has 0 fully saturated rings. The number of fused-ring (bicyclic) bond motifs is 1. The van der Waals surface area contributed by atoms with Crippen LogP contribution in [0.1, 0.15) is 33.7 Å². The highest BCUT2D eigenvalue weighted by molar-refractivity contribution is 7.91. The maximum absolute atomic E-state index is 13.8. The van der Waals surface area contributed by atoms with Crippen LogP contribution in [-0.2, 0) is 16.2 Å². The van der Waals surface area contributed by atoms with Crippen molar-refractivity contribution in [1.29, 1.82) is 0 Å². The van der Waals surface area contributed by atoms with Gasteiger partial charge in [0.1, 0.15) is 11.3 Å². The Morgan fingerprint density at radius 3 is 2.47 bits per heavy atom. The first kappa shape index (κ1) is 27.5. The van der Waals surface area contributed by atoms with Crippen LogP contribution in [0.15, 0.2) is 40.7 Å². The van der Waals surface area contributed by atoms with Crippen LogP contribution in [0.3, 0.4) is 0 Å². The molecule has 0 spiro atoms. The van der Waals surface area contributed by atoms with Crippen molar-refractivity contribution in [3.63, 3.8) is 0 Å². The Morgan fingerprint density at radius 2 is 1.87 bits per heavy atom. The first-order valence-corrected chi connectivity index (χ1v) is 12.9. The summed E-state index contributed by atoms with van der Waals surface area (Å²) >= 11 is 0.625. The lowest BCUT2D eigenvalue weighted by Crippen LogP contribution is -2.26. The number of aromatic nitrogens is 4. The fraction of sp³-hybridized carbons (Fsp3) is 0.238. The minimum Gasteiger partial charge on any atom is -0.395 e. The zero-order valence-electron chi connectivity index (χ0n) is 19.1. The Kier molecular flexibility index (Phi) is 7.46. The number of aryl methyl sites for hydroxylation is 1. The number of hydrogen-bond acceptors (Lipinski definition) is 8. The van der Waals surface area contributed by atoms with Gasteiger partial charge in [-0.15, -0.1) is 0 Å². The van der Waals surface area contributed by atoms with Gasteiger partial charge in [0.25, 0.3) is 22.4 Å². The van der Waals surface area contributed by atoms with Gasteiger partial charge in [-0.2, -0.15) is 18.3 Å². The number of nitrogens with zero attached hydrogens (tertiary/aromatic N) is 4. The first-order chi connectivity index (χ1) is 17.8. The van der Waals surface area contributed by atoms with Gasteiger partial charge in [0, 0.05) is 12.1 Å². The SMILES string of the molecule is Cc1nc(NC(=O)c2cnn3c(C(F)F)cc(-c4ccc(C(F)(F)F)cc4)nc23)sc1S(=O)(=O)NCCO. The van der Waals surface area contributed by atoms with E-state index in [9.17, 15) is 35.2 Å². The predicted octanol–water partition coefficient (Wildman–Crippen LogP) is 3.64. The molecule has 0 aliphatic heterocycles. The molecule has 3 aromatic heterocycles. The number of sulfonamides is 1. The molecule has 3 heterocycles. The number of alkyl halides is 5. The number of thiazole rings is 1. The Morgan fingerprint density at radius 1 is 1.18 bits per heavy atom. The fourth-order valence-corrected chi connectivity index (χ4v) is 5.85. The lowest BCUT2D eigenvalue weighted by molar-refractivity contribution is -0.137. The molecule has 0 saturated heterocycles. The summed E-state index contributed by atoms with van der Waals surface area (Å²) in [6, 6.07) is 4.64. The van der Waals surface area contributed by atoms with E-state index >= 15 is 0 Å². The molecule has 1 aromatic carbocycles. The fourth-order valence-electron chi connectivity index (χ4n) is 3.37. The molecule has 3 N–H and O–H groups in total. The molecule has 4 aromatic rings. The maximum atomic E-state index is 13.8. The van der Waals surface area contributed by atoms with Crippen LogP contribution in [0.4, 0.5) is 27.1 Å². The summed E-state index contributed by atoms with van der Waals surface area (Å²) in [4.78, 5) is 21.1. The van der Waals surface area contributed by atoms with Crippen LogP contribution < -0.4 is 10.0 Å². The van der Waals surface area contributed by atoms with E-state index in [0.29, 0.717) is 11.3 Å². The van der Waals surface area contributed by atoms with Crippen molar-refractivity contribution in [2.45, 2.75) is 23.7 Å². The van der Waals surface area contributed by atoms with Crippen LogP contribution in [-0.4, -0.2) is 52.2 Å². The highest BCUT2D eigenvalue weighted by Crippen LogP contribution is 2.32. The van der Waals surface area contributed by atoms with E-state index in [-0.39, 0.29) is 44.0 Å². The number of hydrogen-bond donors (Lipinski definition) is 3. The van der Waals surface area contributed by atoms with E-state index in [1.165, 1.54) is 6.92 Å². The lowest BCUT2D eigenvalue weighted by atomic mass is 10.1. The number of amides is 1. The zero-order chi connectivity index (χ0) is 27.8. The van der Waals surface area contributed by atoms with Gasteiger partial charge in [0.15, 0.2) is 15.0 Å². The van der Waals surface area contributed by atoms with Crippen molar-refractivity contribution >= 4 is 38.0 Å². The molecule has 0 radical (unpaired) electrons. The molecule has 0 bridgehead atoms. The molecule has 4 rings (SSSR count). The van der Waals surface area contributed by atoms with Crippen molar-refractivity contribution in [1.82, 2.24) is 24.3 Å². The van der Waals surface area contributed by atoms with Crippen molar-refractivity contribution < 1.29 is 40.3 Å². The minimum absolute atomic E-state index is 0.0679. The molecule has 38 heavy (non-hydrogen) atoms. The quantitative estimate of drug-likeness (QED) is 0.272. The van der Waals surface area contributed by atoms with E-state index in [2.05, 4.69) is 25.1 Å². The van der Waals surface area contributed by atoms with Crippen LogP contribution in [0.25, 0.3) is 16.9 Å². The average Bonchev–Trinajstić information content (AvgIpc) is 3.45. The number of carbonyl (C=O) groups is 1. The Hall–Kier alpha value is -3.54. The summed E-state index contributed by atoms with van der Waals surface area (Å²) in [6.45, 7) is 0.725. The molecule has 0 atom stereocenters. The second-order valence-corrected chi connectivity index (χ2v) is 10.7. The highest BCUT2D eigenvalue weighted by Gasteiger charge is 2.30. The third kappa shape index (κ3) is 5.50. The molecule has 0 saturated carbocycles. The van der Waals surface area contributed by atoms with Gasteiger partial charge in [0.05, 0.1) is 29.8 Å². The lowest BCUT2D eigenvalue weighted by Gasteiger charge is -2.10. The van der Waals surface area contributed by atoms with Crippen LogP contribution >= 0.6 is 11.3 Å². The smallest absolute Gasteiger partial charge is 0.395 e. The molecule has 0 aliphatic carbocycles. The van der Waals surface area contributed by atoms with E-state index in [1.54, 1.807) is 0 Å². The number of rotatable bonds is 8. The number of nitrogens with one attached hydrogen (secondary N) is 2. The van der Waals surface area contributed by atoms with Gasteiger partial charge in [0.2, 0.25) is 0 Å². The molecule has 10 nitrogen and oxygen atoms in total. The molecule has 1 amide bonds. The maximum Gasteiger partial charge on any atom is 0.416 e. The number of aliphatic hydroxyl groups excluding tert-OH is 1. The van der Waals surface area contributed by atoms with Gasteiger partial charge in [-0.05, 0) is 25.1 Å². The van der Waals surface area contributed by atoms with E-state index in [0.717, 1.165) is 41.0 Å². The van der Waals surface area contributed by atoms with Crippen molar-refractivity contribution in [3.05, 3.63) is 59.0 Å². The predicted molar refractivity (Wildman–Crippen MR) is 125 cm³/mol. The number of halogens is 5. The molecule has 202 valence electrons. The van der Waals surface area contributed by atoms with Gasteiger partial charge in [-0.1, -0.05) is 23.5 Å². The van der Waals surface area contributed by atoms with E-state index < -0.39 is 46.4 Å². The van der Waals surface area contributed by atoms with Gasteiger partial charge >= 0.3 is 6.18 Å². The first-order valence-electron chi connectivity index (χ1n) is 10.6. The van der Waals surface area contributed by atoms with Crippen molar-refractivity contribution in [3.8, 4) is 11.3 Å². The topological polar surface area (TPSA) is 139 Å². The minimum atomic E-state index is -4.59. The number of carbonyl (C=O) groups excluding carboxylic acids is 1. The summed E-state index contributed by atoms with van der Waals surface area (Å²) in [5.41, 5.74) is -2.12. The van der Waals surface area contributed by atoms with Crippen LogP contribution in [0.5, 0.6) is 0 Å². The van der Waals surface area contributed by atoms with Gasteiger partial charge in [-0.3, -0.25) is 10.1 Å². The van der Waals surface area contributed by atoms with Gasteiger partial charge < -0.3 is 5.11 Å².